The van der Waals surface area contributed by atoms with Gasteiger partial charge in [0.05, 0.1) is 17.0 Å². The van der Waals surface area contributed by atoms with Gasteiger partial charge in [-0.25, -0.2) is 0 Å². The SMILES string of the molecule is CC(C)Oc1ccc(NC(=O)CC2Sc3ccc(Cl)cc3NC2=O)cc1. The predicted molar refractivity (Wildman–Crippen MR) is 105 cm³/mol. The molecular formula is C19H19ClN2O3S. The Labute approximate surface area is 161 Å². The Bertz CT molecular complexity index is 824. The number of carbonyl (C=O) groups is 2. The summed E-state index contributed by atoms with van der Waals surface area (Å²) >= 11 is 7.31. The van der Waals surface area contributed by atoms with Gasteiger partial charge >= 0.3 is 0 Å². The summed E-state index contributed by atoms with van der Waals surface area (Å²) in [5.41, 5.74) is 1.35. The molecule has 0 aromatic heterocycles. The maximum Gasteiger partial charge on any atom is 0.238 e. The van der Waals surface area contributed by atoms with Crippen LogP contribution in [0.3, 0.4) is 0 Å². The molecule has 0 fully saturated rings. The lowest BCUT2D eigenvalue weighted by molar-refractivity contribution is -0.120. The molecule has 0 radical (unpaired) electrons. The topological polar surface area (TPSA) is 67.4 Å². The quantitative estimate of drug-likeness (QED) is 0.784. The molecule has 26 heavy (non-hydrogen) atoms. The highest BCUT2D eigenvalue weighted by Crippen LogP contribution is 2.38. The average Bonchev–Trinajstić information content (AvgIpc) is 2.57. The Kier molecular flexibility index (Phi) is 5.74. The molecule has 1 aliphatic heterocycles. The van der Waals surface area contributed by atoms with Crippen LogP contribution >= 0.6 is 23.4 Å². The molecule has 0 spiro atoms. The second kappa shape index (κ2) is 8.01. The van der Waals surface area contributed by atoms with E-state index in [0.717, 1.165) is 10.6 Å². The number of nitrogens with one attached hydrogen (secondary N) is 2. The number of hydrogen-bond donors (Lipinski definition) is 2. The molecule has 7 heteroatoms. The summed E-state index contributed by atoms with van der Waals surface area (Å²) in [7, 11) is 0. The van der Waals surface area contributed by atoms with Crippen LogP contribution in [-0.4, -0.2) is 23.2 Å². The van der Waals surface area contributed by atoms with E-state index >= 15 is 0 Å². The molecule has 2 aromatic carbocycles. The molecular weight excluding hydrogens is 372 g/mol. The van der Waals surface area contributed by atoms with Gasteiger partial charge < -0.3 is 15.4 Å². The number of thioether (sulfide) groups is 1. The van der Waals surface area contributed by atoms with Crippen molar-refractivity contribution in [3.8, 4) is 5.75 Å². The van der Waals surface area contributed by atoms with Gasteiger partial charge in [-0.2, -0.15) is 0 Å². The van der Waals surface area contributed by atoms with Crippen LogP contribution < -0.4 is 15.4 Å². The van der Waals surface area contributed by atoms with E-state index in [9.17, 15) is 9.59 Å². The largest absolute Gasteiger partial charge is 0.491 e. The van der Waals surface area contributed by atoms with Gasteiger partial charge in [-0.1, -0.05) is 11.6 Å². The maximum absolute atomic E-state index is 12.3. The van der Waals surface area contributed by atoms with Gasteiger partial charge in [0, 0.05) is 22.0 Å². The van der Waals surface area contributed by atoms with Gasteiger partial charge in [-0.3, -0.25) is 9.59 Å². The summed E-state index contributed by atoms with van der Waals surface area (Å²) in [4.78, 5) is 25.4. The minimum atomic E-state index is -0.479. The Morgan fingerprint density at radius 1 is 1.27 bits per heavy atom. The molecule has 1 heterocycles. The fourth-order valence-electron chi connectivity index (χ4n) is 2.53. The number of anilines is 2. The molecule has 0 saturated heterocycles. The lowest BCUT2D eigenvalue weighted by atomic mass is 10.2. The van der Waals surface area contributed by atoms with E-state index in [4.69, 9.17) is 16.3 Å². The fraction of sp³-hybridized carbons (Fsp3) is 0.263. The van der Waals surface area contributed by atoms with Crippen molar-refractivity contribution in [3.63, 3.8) is 0 Å². The monoisotopic (exact) mass is 390 g/mol. The van der Waals surface area contributed by atoms with Crippen LogP contribution in [0.5, 0.6) is 5.75 Å². The summed E-state index contributed by atoms with van der Waals surface area (Å²) in [5, 5.41) is 5.70. The van der Waals surface area contributed by atoms with Crippen LogP contribution in [0.4, 0.5) is 11.4 Å². The van der Waals surface area contributed by atoms with E-state index in [0.29, 0.717) is 16.4 Å². The summed E-state index contributed by atoms with van der Waals surface area (Å²) in [6.45, 7) is 3.91. The van der Waals surface area contributed by atoms with Crippen LogP contribution in [0.25, 0.3) is 0 Å². The molecule has 0 bridgehead atoms. The number of halogens is 1. The fourth-order valence-corrected chi connectivity index (χ4v) is 3.79. The zero-order valence-corrected chi connectivity index (χ0v) is 16.0. The standard InChI is InChI=1S/C19H19ClN2O3S/c1-11(2)25-14-6-4-13(5-7-14)21-18(23)10-17-19(24)22-15-9-12(20)3-8-16(15)26-17/h3-9,11,17H,10H2,1-2H3,(H,21,23)(H,22,24). The first-order chi connectivity index (χ1) is 12.4. The van der Waals surface area contributed by atoms with Crippen LogP contribution in [0.1, 0.15) is 20.3 Å². The molecule has 2 N–H and O–H groups in total. The molecule has 2 amide bonds. The number of carbonyl (C=O) groups excluding carboxylic acids is 2. The van der Waals surface area contributed by atoms with E-state index < -0.39 is 5.25 Å². The third kappa shape index (κ3) is 4.71. The number of benzene rings is 2. The Hall–Kier alpha value is -2.18. The molecule has 5 nitrogen and oxygen atoms in total. The van der Waals surface area contributed by atoms with Crippen molar-refractivity contribution >= 4 is 46.6 Å². The molecule has 2 aromatic rings. The highest BCUT2D eigenvalue weighted by atomic mass is 35.5. The summed E-state index contributed by atoms with van der Waals surface area (Å²) in [6.07, 6.45) is 0.179. The van der Waals surface area contributed by atoms with E-state index in [2.05, 4.69) is 10.6 Å². The molecule has 136 valence electrons. The number of amides is 2. The second-order valence-electron chi connectivity index (χ2n) is 6.18. The van der Waals surface area contributed by atoms with Gasteiger partial charge in [-0.15, -0.1) is 11.8 Å². The van der Waals surface area contributed by atoms with Crippen molar-refractivity contribution in [2.24, 2.45) is 0 Å². The number of hydrogen-bond acceptors (Lipinski definition) is 4. The minimum absolute atomic E-state index is 0.0861. The molecule has 0 aliphatic carbocycles. The third-order valence-electron chi connectivity index (χ3n) is 3.64. The van der Waals surface area contributed by atoms with Crippen LogP contribution in [0.2, 0.25) is 5.02 Å². The Balaban J connectivity index is 1.59. The van der Waals surface area contributed by atoms with Gasteiger partial charge in [-0.05, 0) is 56.3 Å². The van der Waals surface area contributed by atoms with Crippen molar-refractivity contribution in [1.29, 1.82) is 0 Å². The highest BCUT2D eigenvalue weighted by molar-refractivity contribution is 8.01. The third-order valence-corrected chi connectivity index (χ3v) is 5.15. The summed E-state index contributed by atoms with van der Waals surface area (Å²) in [6, 6.07) is 12.5. The van der Waals surface area contributed by atoms with Gasteiger partial charge in [0.1, 0.15) is 5.75 Å². The van der Waals surface area contributed by atoms with Crippen molar-refractivity contribution in [1.82, 2.24) is 0 Å². The van der Waals surface area contributed by atoms with Crippen molar-refractivity contribution < 1.29 is 14.3 Å². The predicted octanol–water partition coefficient (Wildman–Crippen LogP) is 4.57. The average molecular weight is 391 g/mol. The Morgan fingerprint density at radius 3 is 2.69 bits per heavy atom. The van der Waals surface area contributed by atoms with E-state index in [1.54, 1.807) is 36.4 Å². The first-order valence-electron chi connectivity index (χ1n) is 8.24. The first kappa shape index (κ1) is 18.6. The minimum Gasteiger partial charge on any atom is -0.491 e. The van der Waals surface area contributed by atoms with Crippen LogP contribution in [0.15, 0.2) is 47.4 Å². The first-order valence-corrected chi connectivity index (χ1v) is 9.50. The lowest BCUT2D eigenvalue weighted by Crippen LogP contribution is -2.32. The van der Waals surface area contributed by atoms with E-state index in [1.165, 1.54) is 11.8 Å². The number of fused-ring (bicyclic) bond motifs is 1. The second-order valence-corrected chi connectivity index (χ2v) is 7.86. The van der Waals surface area contributed by atoms with E-state index in [-0.39, 0.29) is 24.3 Å². The number of ether oxygens (including phenoxy) is 1. The molecule has 1 atom stereocenters. The molecule has 0 saturated carbocycles. The molecule has 1 unspecified atom stereocenters. The number of rotatable bonds is 5. The van der Waals surface area contributed by atoms with Gasteiger partial charge in [0.25, 0.3) is 0 Å². The van der Waals surface area contributed by atoms with Crippen LogP contribution in [0, 0.1) is 0 Å². The smallest absolute Gasteiger partial charge is 0.238 e. The summed E-state index contributed by atoms with van der Waals surface area (Å²) < 4.78 is 5.57. The molecule has 3 rings (SSSR count). The van der Waals surface area contributed by atoms with Crippen LogP contribution in [-0.2, 0) is 9.59 Å². The molecule has 1 aliphatic rings. The van der Waals surface area contributed by atoms with Crippen molar-refractivity contribution in [2.75, 3.05) is 10.6 Å². The lowest BCUT2D eigenvalue weighted by Gasteiger charge is -2.23. The van der Waals surface area contributed by atoms with E-state index in [1.807, 2.05) is 19.9 Å². The Morgan fingerprint density at radius 2 is 2.00 bits per heavy atom. The van der Waals surface area contributed by atoms with Crippen molar-refractivity contribution in [2.45, 2.75) is 36.5 Å². The zero-order chi connectivity index (χ0) is 18.7. The maximum atomic E-state index is 12.3. The van der Waals surface area contributed by atoms with Gasteiger partial charge in [0.15, 0.2) is 0 Å². The normalized spacial score (nSPS) is 16.0. The van der Waals surface area contributed by atoms with Gasteiger partial charge in [0.2, 0.25) is 11.8 Å². The summed E-state index contributed by atoms with van der Waals surface area (Å²) in [5.74, 6) is 0.337. The van der Waals surface area contributed by atoms with Crippen molar-refractivity contribution in [3.05, 3.63) is 47.5 Å². The zero-order valence-electron chi connectivity index (χ0n) is 14.4. The highest BCUT2D eigenvalue weighted by Gasteiger charge is 2.29.